The average molecular weight is 393 g/mol. The molecule has 0 bridgehead atoms. The van der Waals surface area contributed by atoms with E-state index >= 15 is 0 Å². The predicted octanol–water partition coefficient (Wildman–Crippen LogP) is 5.32. The molecule has 0 saturated carbocycles. The molecule has 2 N–H and O–H groups in total. The molecule has 0 radical (unpaired) electrons. The standard InChI is InChI=1S/C19H18F3N3OS/c1-11-7-8-13(9-14(11)19(20,21)22)23-17(26)10-27-12(2)18-24-15-5-3-4-6-16(15)25-18/h3-9,12H,10H2,1-2H3,(H,23,26)(H,24,25)/t12-/m1/s1. The minimum atomic E-state index is -4.45. The van der Waals surface area contributed by atoms with Gasteiger partial charge < -0.3 is 10.3 Å². The van der Waals surface area contributed by atoms with Gasteiger partial charge in [-0.2, -0.15) is 13.2 Å². The van der Waals surface area contributed by atoms with Crippen molar-refractivity contribution in [2.45, 2.75) is 25.3 Å². The first-order valence-electron chi connectivity index (χ1n) is 8.28. The van der Waals surface area contributed by atoms with Crippen LogP contribution in [0.5, 0.6) is 0 Å². The summed E-state index contributed by atoms with van der Waals surface area (Å²) in [6.07, 6.45) is -4.45. The highest BCUT2D eigenvalue weighted by atomic mass is 32.2. The Morgan fingerprint density at radius 3 is 2.70 bits per heavy atom. The monoisotopic (exact) mass is 393 g/mol. The number of alkyl halides is 3. The van der Waals surface area contributed by atoms with Crippen LogP contribution in [0.25, 0.3) is 11.0 Å². The third-order valence-corrected chi connectivity index (χ3v) is 5.24. The van der Waals surface area contributed by atoms with Gasteiger partial charge in [-0.3, -0.25) is 4.79 Å². The summed E-state index contributed by atoms with van der Waals surface area (Å²) >= 11 is 1.36. The van der Waals surface area contributed by atoms with Crippen molar-refractivity contribution in [1.82, 2.24) is 9.97 Å². The zero-order valence-corrected chi connectivity index (χ0v) is 15.5. The number of halogens is 3. The van der Waals surface area contributed by atoms with Crippen LogP contribution in [0.2, 0.25) is 0 Å². The summed E-state index contributed by atoms with van der Waals surface area (Å²) in [5.41, 5.74) is 1.28. The van der Waals surface area contributed by atoms with Crippen molar-refractivity contribution in [3.8, 4) is 0 Å². The lowest BCUT2D eigenvalue weighted by atomic mass is 10.1. The van der Waals surface area contributed by atoms with Gasteiger partial charge in [0.05, 0.1) is 27.6 Å². The Morgan fingerprint density at radius 1 is 1.26 bits per heavy atom. The number of rotatable bonds is 5. The number of imidazole rings is 1. The Bertz CT molecular complexity index is 935. The SMILES string of the molecule is Cc1ccc(NC(=O)CS[C@H](C)c2nc3ccccc3[nH]2)cc1C(F)(F)F. The normalized spacial score (nSPS) is 12.9. The first-order chi connectivity index (χ1) is 12.7. The maximum atomic E-state index is 13.0. The van der Waals surface area contributed by atoms with E-state index in [1.54, 1.807) is 0 Å². The van der Waals surface area contributed by atoms with Crippen LogP contribution >= 0.6 is 11.8 Å². The number of carbonyl (C=O) groups excluding carboxylic acids is 1. The van der Waals surface area contributed by atoms with Crippen molar-refractivity contribution >= 4 is 34.4 Å². The van der Waals surface area contributed by atoms with Gasteiger partial charge in [0.25, 0.3) is 0 Å². The van der Waals surface area contributed by atoms with Crippen LogP contribution in [-0.2, 0) is 11.0 Å². The van der Waals surface area contributed by atoms with Crippen LogP contribution < -0.4 is 5.32 Å². The average Bonchev–Trinajstić information content (AvgIpc) is 3.04. The first-order valence-corrected chi connectivity index (χ1v) is 9.33. The molecule has 3 rings (SSSR count). The summed E-state index contributed by atoms with van der Waals surface area (Å²) in [4.78, 5) is 19.8. The third kappa shape index (κ3) is 4.63. The molecule has 27 heavy (non-hydrogen) atoms. The number of thioether (sulfide) groups is 1. The van der Waals surface area contributed by atoms with Crippen molar-refractivity contribution < 1.29 is 18.0 Å². The second-order valence-corrected chi connectivity index (χ2v) is 7.50. The van der Waals surface area contributed by atoms with Crippen molar-refractivity contribution in [2.75, 3.05) is 11.1 Å². The Kier molecular flexibility index (Phi) is 5.46. The lowest BCUT2D eigenvalue weighted by molar-refractivity contribution is -0.138. The van der Waals surface area contributed by atoms with Crippen molar-refractivity contribution in [3.63, 3.8) is 0 Å². The van der Waals surface area contributed by atoms with Crippen molar-refractivity contribution in [3.05, 3.63) is 59.4 Å². The van der Waals surface area contributed by atoms with Gasteiger partial charge in [-0.05, 0) is 43.7 Å². The molecule has 0 unspecified atom stereocenters. The van der Waals surface area contributed by atoms with Crippen LogP contribution in [0.15, 0.2) is 42.5 Å². The summed E-state index contributed by atoms with van der Waals surface area (Å²) in [6, 6.07) is 11.4. The molecule has 142 valence electrons. The Labute approximate surface area is 158 Å². The number of para-hydroxylation sites is 2. The molecular formula is C19H18F3N3OS. The molecule has 2 aromatic carbocycles. The number of fused-ring (bicyclic) bond motifs is 1. The fourth-order valence-corrected chi connectivity index (χ4v) is 3.39. The molecule has 4 nitrogen and oxygen atoms in total. The number of aryl methyl sites for hydroxylation is 1. The van der Waals surface area contributed by atoms with Gasteiger partial charge in [0, 0.05) is 5.69 Å². The maximum absolute atomic E-state index is 13.0. The number of aromatic amines is 1. The van der Waals surface area contributed by atoms with E-state index in [9.17, 15) is 18.0 Å². The largest absolute Gasteiger partial charge is 0.416 e. The molecule has 1 aromatic heterocycles. The Morgan fingerprint density at radius 2 is 2.00 bits per heavy atom. The second-order valence-electron chi connectivity index (χ2n) is 6.17. The molecule has 8 heteroatoms. The molecule has 0 aliphatic heterocycles. The smallest absolute Gasteiger partial charge is 0.341 e. The van der Waals surface area contributed by atoms with E-state index in [2.05, 4.69) is 15.3 Å². The molecule has 0 spiro atoms. The molecule has 0 saturated heterocycles. The number of anilines is 1. The molecule has 1 heterocycles. The zero-order chi connectivity index (χ0) is 19.6. The molecule has 1 atom stereocenters. The molecular weight excluding hydrogens is 375 g/mol. The number of benzene rings is 2. The quantitative estimate of drug-likeness (QED) is 0.617. The van der Waals surface area contributed by atoms with E-state index in [4.69, 9.17) is 0 Å². The summed E-state index contributed by atoms with van der Waals surface area (Å²) < 4.78 is 38.9. The van der Waals surface area contributed by atoms with Crippen LogP contribution in [0.4, 0.5) is 18.9 Å². The molecule has 0 aliphatic carbocycles. The number of hydrogen-bond acceptors (Lipinski definition) is 3. The van der Waals surface area contributed by atoms with E-state index in [1.165, 1.54) is 30.8 Å². The minimum Gasteiger partial charge on any atom is -0.341 e. The van der Waals surface area contributed by atoms with Gasteiger partial charge in [0.1, 0.15) is 5.82 Å². The first kappa shape index (κ1) is 19.3. The van der Waals surface area contributed by atoms with Gasteiger partial charge in [0.15, 0.2) is 0 Å². The van der Waals surface area contributed by atoms with E-state index < -0.39 is 11.7 Å². The highest BCUT2D eigenvalue weighted by Gasteiger charge is 2.32. The number of H-pyrrole nitrogens is 1. The van der Waals surface area contributed by atoms with Crippen LogP contribution in [-0.4, -0.2) is 21.6 Å². The van der Waals surface area contributed by atoms with Crippen molar-refractivity contribution in [1.29, 1.82) is 0 Å². The number of carbonyl (C=O) groups is 1. The fourth-order valence-electron chi connectivity index (χ4n) is 2.65. The molecule has 1 amide bonds. The van der Waals surface area contributed by atoms with Gasteiger partial charge in [0.2, 0.25) is 5.91 Å². The van der Waals surface area contributed by atoms with Gasteiger partial charge in [-0.25, -0.2) is 4.98 Å². The summed E-state index contributed by atoms with van der Waals surface area (Å²) in [5.74, 6) is 0.497. The number of nitrogens with zero attached hydrogens (tertiary/aromatic N) is 1. The maximum Gasteiger partial charge on any atom is 0.416 e. The van der Waals surface area contributed by atoms with Crippen LogP contribution in [0.3, 0.4) is 0 Å². The second kappa shape index (κ2) is 7.64. The summed E-state index contributed by atoms with van der Waals surface area (Å²) in [7, 11) is 0. The Balaban J connectivity index is 1.61. The summed E-state index contributed by atoms with van der Waals surface area (Å²) in [5, 5.41) is 2.46. The molecule has 3 aromatic rings. The van der Waals surface area contributed by atoms with Gasteiger partial charge in [-0.15, -0.1) is 11.8 Å². The van der Waals surface area contributed by atoms with Crippen LogP contribution in [0.1, 0.15) is 29.1 Å². The predicted molar refractivity (Wildman–Crippen MR) is 102 cm³/mol. The highest BCUT2D eigenvalue weighted by Crippen LogP contribution is 2.33. The topological polar surface area (TPSA) is 57.8 Å². The Hall–Kier alpha value is -2.48. The van der Waals surface area contributed by atoms with E-state index in [0.29, 0.717) is 0 Å². The molecule has 0 aliphatic rings. The minimum absolute atomic E-state index is 0.0631. The highest BCUT2D eigenvalue weighted by molar-refractivity contribution is 8.00. The zero-order valence-electron chi connectivity index (χ0n) is 14.7. The lowest BCUT2D eigenvalue weighted by Gasteiger charge is -2.13. The third-order valence-electron chi connectivity index (χ3n) is 4.08. The fraction of sp³-hybridized carbons (Fsp3) is 0.263. The van der Waals surface area contributed by atoms with E-state index in [-0.39, 0.29) is 28.2 Å². The van der Waals surface area contributed by atoms with Crippen molar-refractivity contribution in [2.24, 2.45) is 0 Å². The number of hydrogen-bond donors (Lipinski definition) is 2. The lowest BCUT2D eigenvalue weighted by Crippen LogP contribution is -2.16. The number of aromatic nitrogens is 2. The van der Waals surface area contributed by atoms with Gasteiger partial charge >= 0.3 is 6.18 Å². The summed E-state index contributed by atoms with van der Waals surface area (Å²) in [6.45, 7) is 3.31. The number of nitrogens with one attached hydrogen (secondary N) is 2. The number of amides is 1. The van der Waals surface area contributed by atoms with Gasteiger partial charge in [-0.1, -0.05) is 18.2 Å². The molecule has 0 fully saturated rings. The van der Waals surface area contributed by atoms with E-state index in [1.807, 2.05) is 31.2 Å². The van der Waals surface area contributed by atoms with E-state index in [0.717, 1.165) is 22.9 Å². The van der Waals surface area contributed by atoms with Crippen LogP contribution in [0, 0.1) is 6.92 Å².